The van der Waals surface area contributed by atoms with Crippen molar-refractivity contribution in [2.24, 2.45) is 5.73 Å². The van der Waals surface area contributed by atoms with E-state index in [9.17, 15) is 8.42 Å². The normalized spacial score (nSPS) is 11.3. The Bertz CT molecular complexity index is 664. The largest absolute Gasteiger partial charge is 0.355 e. The van der Waals surface area contributed by atoms with Crippen LogP contribution in [0.1, 0.15) is 5.56 Å². The fourth-order valence-electron chi connectivity index (χ4n) is 1.76. The summed E-state index contributed by atoms with van der Waals surface area (Å²) in [6.45, 7) is 0.449. The highest BCUT2D eigenvalue weighted by atomic mass is 32.2. The number of para-hydroxylation sites is 1. The summed E-state index contributed by atoms with van der Waals surface area (Å²) in [5.41, 5.74) is 8.43. The van der Waals surface area contributed by atoms with Gasteiger partial charge in [-0.05, 0) is 35.9 Å². The Labute approximate surface area is 113 Å². The molecule has 2 rings (SSSR count). The van der Waals surface area contributed by atoms with E-state index in [0.717, 1.165) is 16.9 Å². The van der Waals surface area contributed by atoms with Crippen LogP contribution in [-0.4, -0.2) is 14.7 Å². The third-order valence-corrected chi connectivity index (χ3v) is 3.93. The molecule has 5 heteroatoms. The number of anilines is 2. The molecule has 0 aliphatic carbocycles. The number of nitrogens with two attached hydrogens (primary N) is 1. The van der Waals surface area contributed by atoms with Crippen LogP contribution in [0.15, 0.2) is 53.4 Å². The van der Waals surface area contributed by atoms with Crippen molar-refractivity contribution < 1.29 is 8.42 Å². The number of hydrogen-bond acceptors (Lipinski definition) is 4. The van der Waals surface area contributed by atoms with E-state index in [-0.39, 0.29) is 0 Å². The van der Waals surface area contributed by atoms with Crippen molar-refractivity contribution in [1.29, 1.82) is 0 Å². The molecule has 0 unspecified atom stereocenters. The fourth-order valence-corrected chi connectivity index (χ4v) is 2.39. The zero-order valence-electron chi connectivity index (χ0n) is 10.6. The van der Waals surface area contributed by atoms with Crippen molar-refractivity contribution >= 4 is 21.2 Å². The SMILES string of the molecule is CS(=O)(=O)c1ccc(Nc2ccccc2CN)cc1. The van der Waals surface area contributed by atoms with Crippen LogP contribution in [-0.2, 0) is 16.4 Å². The maximum atomic E-state index is 11.4. The average molecular weight is 276 g/mol. The van der Waals surface area contributed by atoms with Crippen LogP contribution < -0.4 is 11.1 Å². The predicted octanol–water partition coefficient (Wildman–Crippen LogP) is 2.29. The molecule has 2 aromatic carbocycles. The van der Waals surface area contributed by atoms with Crippen molar-refractivity contribution in [2.45, 2.75) is 11.4 Å². The van der Waals surface area contributed by atoms with Crippen LogP contribution in [0, 0.1) is 0 Å². The molecule has 0 aromatic heterocycles. The second-order valence-corrected chi connectivity index (χ2v) is 6.30. The minimum atomic E-state index is -3.15. The molecule has 0 fully saturated rings. The third kappa shape index (κ3) is 3.33. The van der Waals surface area contributed by atoms with Gasteiger partial charge in [-0.3, -0.25) is 0 Å². The van der Waals surface area contributed by atoms with Gasteiger partial charge in [0.25, 0.3) is 0 Å². The molecular weight excluding hydrogens is 260 g/mol. The van der Waals surface area contributed by atoms with Gasteiger partial charge in [0.15, 0.2) is 9.84 Å². The second kappa shape index (κ2) is 5.42. The lowest BCUT2D eigenvalue weighted by atomic mass is 10.1. The second-order valence-electron chi connectivity index (χ2n) is 4.28. The Balaban J connectivity index is 2.25. The van der Waals surface area contributed by atoms with Crippen LogP contribution in [0.25, 0.3) is 0 Å². The lowest BCUT2D eigenvalue weighted by Gasteiger charge is -2.11. The van der Waals surface area contributed by atoms with Crippen LogP contribution in [0.4, 0.5) is 11.4 Å². The minimum Gasteiger partial charge on any atom is -0.355 e. The molecule has 0 saturated heterocycles. The van der Waals surface area contributed by atoms with E-state index >= 15 is 0 Å². The van der Waals surface area contributed by atoms with E-state index in [1.165, 1.54) is 6.26 Å². The maximum Gasteiger partial charge on any atom is 0.175 e. The highest BCUT2D eigenvalue weighted by Crippen LogP contribution is 2.21. The first-order valence-corrected chi connectivity index (χ1v) is 7.75. The number of nitrogens with one attached hydrogen (secondary N) is 1. The van der Waals surface area contributed by atoms with E-state index in [1.54, 1.807) is 24.3 Å². The first kappa shape index (κ1) is 13.6. The zero-order valence-corrected chi connectivity index (χ0v) is 11.4. The maximum absolute atomic E-state index is 11.4. The van der Waals surface area contributed by atoms with Gasteiger partial charge in [-0.15, -0.1) is 0 Å². The minimum absolute atomic E-state index is 0.310. The van der Waals surface area contributed by atoms with Crippen LogP contribution in [0.2, 0.25) is 0 Å². The van der Waals surface area contributed by atoms with Crippen LogP contribution in [0.3, 0.4) is 0 Å². The predicted molar refractivity (Wildman–Crippen MR) is 77.2 cm³/mol. The van der Waals surface area contributed by atoms with Crippen molar-refractivity contribution in [3.05, 3.63) is 54.1 Å². The van der Waals surface area contributed by atoms with Gasteiger partial charge >= 0.3 is 0 Å². The number of hydrogen-bond donors (Lipinski definition) is 2. The van der Waals surface area contributed by atoms with Crippen molar-refractivity contribution in [3.63, 3.8) is 0 Å². The molecular formula is C14H16N2O2S. The van der Waals surface area contributed by atoms with E-state index in [0.29, 0.717) is 11.4 Å². The molecule has 100 valence electrons. The van der Waals surface area contributed by atoms with Gasteiger partial charge in [-0.1, -0.05) is 18.2 Å². The van der Waals surface area contributed by atoms with E-state index in [2.05, 4.69) is 5.32 Å². The Morgan fingerprint density at radius 1 is 1.05 bits per heavy atom. The van der Waals surface area contributed by atoms with Gasteiger partial charge in [0, 0.05) is 24.2 Å². The first-order chi connectivity index (χ1) is 9.00. The Kier molecular flexibility index (Phi) is 3.87. The van der Waals surface area contributed by atoms with Crippen molar-refractivity contribution in [1.82, 2.24) is 0 Å². The van der Waals surface area contributed by atoms with Gasteiger partial charge in [-0.2, -0.15) is 0 Å². The molecule has 0 bridgehead atoms. The summed E-state index contributed by atoms with van der Waals surface area (Å²) in [6.07, 6.45) is 1.19. The van der Waals surface area contributed by atoms with E-state index in [4.69, 9.17) is 5.73 Å². The molecule has 0 aliphatic rings. The quantitative estimate of drug-likeness (QED) is 0.898. The Hall–Kier alpha value is -1.85. The summed E-state index contributed by atoms with van der Waals surface area (Å²) in [7, 11) is -3.15. The van der Waals surface area contributed by atoms with Gasteiger partial charge in [-0.25, -0.2) is 8.42 Å². The molecule has 0 atom stereocenters. The molecule has 0 radical (unpaired) electrons. The molecule has 4 nitrogen and oxygen atoms in total. The van der Waals surface area contributed by atoms with Gasteiger partial charge < -0.3 is 11.1 Å². The molecule has 0 spiro atoms. The smallest absolute Gasteiger partial charge is 0.175 e. The van der Waals surface area contributed by atoms with E-state index < -0.39 is 9.84 Å². The summed E-state index contributed by atoms with van der Waals surface area (Å²) in [5, 5.41) is 3.23. The number of rotatable bonds is 4. The Morgan fingerprint density at radius 3 is 2.26 bits per heavy atom. The molecule has 0 heterocycles. The molecule has 19 heavy (non-hydrogen) atoms. The van der Waals surface area contributed by atoms with Crippen molar-refractivity contribution in [3.8, 4) is 0 Å². The molecule has 0 aliphatic heterocycles. The fraction of sp³-hybridized carbons (Fsp3) is 0.143. The lowest BCUT2D eigenvalue weighted by molar-refractivity contribution is 0.602. The number of sulfone groups is 1. The van der Waals surface area contributed by atoms with Crippen LogP contribution >= 0.6 is 0 Å². The standard InChI is InChI=1S/C14H16N2O2S/c1-19(17,18)13-8-6-12(7-9-13)16-14-5-3-2-4-11(14)10-15/h2-9,16H,10,15H2,1H3. The summed E-state index contributed by atoms with van der Waals surface area (Å²) >= 11 is 0. The van der Waals surface area contributed by atoms with Gasteiger partial charge in [0.05, 0.1) is 4.90 Å². The van der Waals surface area contributed by atoms with Gasteiger partial charge in [0.1, 0.15) is 0 Å². The van der Waals surface area contributed by atoms with Crippen molar-refractivity contribution in [2.75, 3.05) is 11.6 Å². The molecule has 3 N–H and O–H groups in total. The summed E-state index contributed by atoms with van der Waals surface area (Å²) in [4.78, 5) is 0.310. The first-order valence-electron chi connectivity index (χ1n) is 5.86. The summed E-state index contributed by atoms with van der Waals surface area (Å²) < 4.78 is 22.7. The third-order valence-electron chi connectivity index (χ3n) is 2.80. The summed E-state index contributed by atoms with van der Waals surface area (Å²) in [5.74, 6) is 0. The Morgan fingerprint density at radius 2 is 1.68 bits per heavy atom. The zero-order chi connectivity index (χ0) is 13.9. The van der Waals surface area contributed by atoms with Crippen LogP contribution in [0.5, 0.6) is 0 Å². The lowest BCUT2D eigenvalue weighted by Crippen LogP contribution is -2.02. The van der Waals surface area contributed by atoms with E-state index in [1.807, 2.05) is 24.3 Å². The van der Waals surface area contributed by atoms with Gasteiger partial charge in [0.2, 0.25) is 0 Å². The monoisotopic (exact) mass is 276 g/mol. The number of benzene rings is 2. The molecule has 0 amide bonds. The average Bonchev–Trinajstić information content (AvgIpc) is 2.39. The molecule has 2 aromatic rings. The highest BCUT2D eigenvalue weighted by molar-refractivity contribution is 7.90. The highest BCUT2D eigenvalue weighted by Gasteiger charge is 2.06. The summed E-state index contributed by atoms with van der Waals surface area (Å²) in [6, 6.07) is 14.4. The molecule has 0 saturated carbocycles. The topological polar surface area (TPSA) is 72.2 Å².